The van der Waals surface area contributed by atoms with Crippen LogP contribution in [-0.2, 0) is 9.47 Å². The SMILES string of the molecule is ClCC(Cl)C1OC12CO2. The average molecular weight is 169 g/mol. The lowest BCUT2D eigenvalue weighted by Crippen LogP contribution is -2.12. The molecule has 3 unspecified atom stereocenters. The van der Waals surface area contributed by atoms with E-state index in [1.807, 2.05) is 0 Å². The summed E-state index contributed by atoms with van der Waals surface area (Å²) in [7, 11) is 0. The monoisotopic (exact) mass is 168 g/mol. The molecule has 2 aliphatic heterocycles. The molecule has 0 bridgehead atoms. The van der Waals surface area contributed by atoms with Crippen molar-refractivity contribution in [2.75, 3.05) is 12.5 Å². The molecule has 0 aromatic heterocycles. The van der Waals surface area contributed by atoms with Crippen LogP contribution in [0.15, 0.2) is 0 Å². The highest BCUT2D eigenvalue weighted by Crippen LogP contribution is 2.51. The molecule has 52 valence electrons. The van der Waals surface area contributed by atoms with E-state index in [0.29, 0.717) is 12.5 Å². The van der Waals surface area contributed by atoms with Crippen LogP contribution < -0.4 is 0 Å². The van der Waals surface area contributed by atoms with E-state index in [2.05, 4.69) is 0 Å². The Kier molecular flexibility index (Phi) is 1.21. The van der Waals surface area contributed by atoms with Gasteiger partial charge in [0.1, 0.15) is 12.7 Å². The number of halogens is 2. The first-order chi connectivity index (χ1) is 4.28. The topological polar surface area (TPSA) is 25.1 Å². The van der Waals surface area contributed by atoms with Crippen LogP contribution in [0.3, 0.4) is 0 Å². The first kappa shape index (κ1) is 6.23. The van der Waals surface area contributed by atoms with Crippen molar-refractivity contribution in [1.82, 2.24) is 0 Å². The number of hydrogen-bond donors (Lipinski definition) is 0. The summed E-state index contributed by atoms with van der Waals surface area (Å²) in [5.41, 5.74) is 0. The lowest BCUT2D eigenvalue weighted by molar-refractivity contribution is 0.251. The molecule has 9 heavy (non-hydrogen) atoms. The number of hydrogen-bond acceptors (Lipinski definition) is 2. The van der Waals surface area contributed by atoms with Gasteiger partial charge in [0.05, 0.1) is 5.38 Å². The van der Waals surface area contributed by atoms with Crippen molar-refractivity contribution in [3.05, 3.63) is 0 Å². The van der Waals surface area contributed by atoms with E-state index in [0.717, 1.165) is 0 Å². The zero-order valence-electron chi connectivity index (χ0n) is 4.64. The molecule has 0 aromatic rings. The molecule has 0 radical (unpaired) electrons. The first-order valence-electron chi connectivity index (χ1n) is 2.80. The highest BCUT2D eigenvalue weighted by Gasteiger charge is 2.70. The summed E-state index contributed by atoms with van der Waals surface area (Å²) in [4.78, 5) is 0. The highest BCUT2D eigenvalue weighted by molar-refractivity contribution is 6.28. The molecule has 0 aromatic carbocycles. The minimum absolute atomic E-state index is 0.0525. The molecule has 0 aliphatic carbocycles. The second-order valence-corrected chi connectivity index (χ2v) is 3.18. The number of epoxide rings is 2. The van der Waals surface area contributed by atoms with Gasteiger partial charge >= 0.3 is 0 Å². The van der Waals surface area contributed by atoms with Crippen LogP contribution in [0.1, 0.15) is 0 Å². The van der Waals surface area contributed by atoms with Crippen LogP contribution in [0, 0.1) is 0 Å². The van der Waals surface area contributed by atoms with Gasteiger partial charge in [-0.15, -0.1) is 23.2 Å². The molecule has 0 N–H and O–H groups in total. The van der Waals surface area contributed by atoms with E-state index in [-0.39, 0.29) is 17.3 Å². The molecule has 2 saturated heterocycles. The second-order valence-electron chi connectivity index (χ2n) is 2.31. The molecule has 2 heterocycles. The molecular formula is C5H6Cl2O2. The smallest absolute Gasteiger partial charge is 0.221 e. The third-order valence-corrected chi connectivity index (χ3v) is 2.48. The van der Waals surface area contributed by atoms with Crippen molar-refractivity contribution in [1.29, 1.82) is 0 Å². The van der Waals surface area contributed by atoms with Crippen LogP contribution in [-0.4, -0.2) is 29.8 Å². The van der Waals surface area contributed by atoms with Crippen LogP contribution in [0.25, 0.3) is 0 Å². The lowest BCUT2D eigenvalue weighted by atomic mass is 10.3. The Labute approximate surface area is 63.0 Å². The maximum absolute atomic E-state index is 5.75. The van der Waals surface area contributed by atoms with Crippen LogP contribution >= 0.6 is 23.2 Å². The Balaban J connectivity index is 1.89. The highest BCUT2D eigenvalue weighted by atomic mass is 35.5. The molecule has 0 saturated carbocycles. The van der Waals surface area contributed by atoms with E-state index in [1.54, 1.807) is 0 Å². The van der Waals surface area contributed by atoms with Gasteiger partial charge in [-0.2, -0.15) is 0 Å². The van der Waals surface area contributed by atoms with Crippen molar-refractivity contribution in [3.63, 3.8) is 0 Å². The van der Waals surface area contributed by atoms with Crippen molar-refractivity contribution in [3.8, 4) is 0 Å². The summed E-state index contributed by atoms with van der Waals surface area (Å²) in [6, 6.07) is 0. The molecular weight excluding hydrogens is 163 g/mol. The quantitative estimate of drug-likeness (QED) is 0.454. The fourth-order valence-electron chi connectivity index (χ4n) is 0.915. The van der Waals surface area contributed by atoms with Gasteiger partial charge in [0.25, 0.3) is 0 Å². The van der Waals surface area contributed by atoms with Crippen molar-refractivity contribution in [2.24, 2.45) is 0 Å². The Hall–Kier alpha value is 0.500. The minimum atomic E-state index is -0.276. The zero-order chi connectivity index (χ0) is 6.48. The van der Waals surface area contributed by atoms with E-state index in [1.165, 1.54) is 0 Å². The van der Waals surface area contributed by atoms with Crippen LogP contribution in [0.5, 0.6) is 0 Å². The molecule has 2 rings (SSSR count). The van der Waals surface area contributed by atoms with E-state index < -0.39 is 0 Å². The second kappa shape index (κ2) is 1.76. The van der Waals surface area contributed by atoms with E-state index in [4.69, 9.17) is 32.7 Å². The summed E-state index contributed by atoms with van der Waals surface area (Å²) in [5.74, 6) is 0.151. The van der Waals surface area contributed by atoms with Crippen molar-refractivity contribution < 1.29 is 9.47 Å². The van der Waals surface area contributed by atoms with Crippen LogP contribution in [0.4, 0.5) is 0 Å². The maximum Gasteiger partial charge on any atom is 0.221 e. The van der Waals surface area contributed by atoms with Crippen molar-refractivity contribution in [2.45, 2.75) is 17.3 Å². The van der Waals surface area contributed by atoms with Gasteiger partial charge in [0.2, 0.25) is 5.79 Å². The Bertz CT molecular complexity index is 135. The standard InChI is InChI=1S/C5H6Cl2O2/c6-1-3(7)4-5(9-4)2-8-5/h3-4H,1-2H2. The Morgan fingerprint density at radius 1 is 1.78 bits per heavy atom. The lowest BCUT2D eigenvalue weighted by Gasteiger charge is -1.94. The largest absolute Gasteiger partial charge is 0.340 e. The van der Waals surface area contributed by atoms with Gasteiger partial charge in [-0.05, 0) is 0 Å². The summed E-state index contributed by atoms with van der Waals surface area (Å²) < 4.78 is 10.1. The summed E-state index contributed by atoms with van der Waals surface area (Å²) in [6.07, 6.45) is 0.0525. The summed E-state index contributed by atoms with van der Waals surface area (Å²) in [6.45, 7) is 0.692. The Morgan fingerprint density at radius 3 is 2.78 bits per heavy atom. The first-order valence-corrected chi connectivity index (χ1v) is 3.77. The van der Waals surface area contributed by atoms with Gasteiger partial charge in [-0.3, -0.25) is 0 Å². The molecule has 1 spiro atoms. The third kappa shape index (κ3) is 0.855. The minimum Gasteiger partial charge on any atom is -0.340 e. The summed E-state index contributed by atoms with van der Waals surface area (Å²) >= 11 is 11.2. The zero-order valence-corrected chi connectivity index (χ0v) is 6.15. The van der Waals surface area contributed by atoms with Gasteiger partial charge in [-0.25, -0.2) is 0 Å². The van der Waals surface area contributed by atoms with Gasteiger partial charge in [0.15, 0.2) is 0 Å². The van der Waals surface area contributed by atoms with E-state index >= 15 is 0 Å². The molecule has 3 atom stereocenters. The predicted octanol–water partition coefficient (Wildman–Crippen LogP) is 0.958. The fourth-order valence-corrected chi connectivity index (χ4v) is 1.32. The molecule has 2 nitrogen and oxygen atoms in total. The number of alkyl halides is 2. The van der Waals surface area contributed by atoms with Crippen molar-refractivity contribution >= 4 is 23.2 Å². The van der Waals surface area contributed by atoms with Gasteiger partial charge < -0.3 is 9.47 Å². The van der Waals surface area contributed by atoms with Gasteiger partial charge in [-0.1, -0.05) is 0 Å². The van der Waals surface area contributed by atoms with E-state index in [9.17, 15) is 0 Å². The maximum atomic E-state index is 5.75. The third-order valence-electron chi connectivity index (χ3n) is 1.61. The number of rotatable bonds is 2. The molecule has 0 amide bonds. The average Bonchev–Trinajstić information content (AvgIpc) is 2.74. The Morgan fingerprint density at radius 2 is 2.44 bits per heavy atom. The molecule has 4 heteroatoms. The summed E-state index contributed by atoms with van der Waals surface area (Å²) in [5, 5.41) is -0.0887. The molecule has 2 aliphatic rings. The predicted molar refractivity (Wildman–Crippen MR) is 33.9 cm³/mol. The normalized spacial score (nSPS) is 49.3. The van der Waals surface area contributed by atoms with Gasteiger partial charge in [0, 0.05) is 5.88 Å². The fraction of sp³-hybridized carbons (Fsp3) is 1.00. The molecule has 2 fully saturated rings. The van der Waals surface area contributed by atoms with Crippen LogP contribution in [0.2, 0.25) is 0 Å². The number of ether oxygens (including phenoxy) is 2.